The number of rotatable bonds is 5. The zero-order valence-corrected chi connectivity index (χ0v) is 11.0. The first kappa shape index (κ1) is 11.5. The molecule has 0 spiro atoms. The maximum atomic E-state index is 4.37. The van der Waals surface area contributed by atoms with Crippen LogP contribution in [0, 0.1) is 6.92 Å². The molecule has 2 heterocycles. The van der Waals surface area contributed by atoms with Crippen molar-refractivity contribution in [1.82, 2.24) is 14.3 Å². The van der Waals surface area contributed by atoms with E-state index >= 15 is 0 Å². The predicted octanol–water partition coefficient (Wildman–Crippen LogP) is 2.52. The van der Waals surface area contributed by atoms with Crippen LogP contribution in [-0.4, -0.2) is 20.9 Å². The van der Waals surface area contributed by atoms with E-state index in [-0.39, 0.29) is 0 Å². The van der Waals surface area contributed by atoms with Gasteiger partial charge in [-0.15, -0.1) is 11.3 Å². The molecule has 0 aromatic carbocycles. The molecule has 2 aromatic heterocycles. The summed E-state index contributed by atoms with van der Waals surface area (Å²) in [5.74, 6) is 0.829. The quantitative estimate of drug-likeness (QED) is 0.890. The summed E-state index contributed by atoms with van der Waals surface area (Å²) in [6, 6.07) is 0. The van der Waals surface area contributed by atoms with Crippen molar-refractivity contribution in [1.29, 1.82) is 0 Å². The molecule has 0 saturated heterocycles. The van der Waals surface area contributed by atoms with E-state index in [1.54, 1.807) is 11.3 Å². The molecule has 1 N–H and O–H groups in total. The fourth-order valence-electron chi connectivity index (χ4n) is 1.27. The molecular formula is C10H14N4S2. The second-order valence-electron chi connectivity index (χ2n) is 3.40. The third-order valence-corrected chi connectivity index (χ3v) is 4.06. The van der Waals surface area contributed by atoms with Crippen molar-refractivity contribution in [2.75, 3.05) is 11.9 Å². The minimum Gasteiger partial charge on any atom is -0.360 e. The van der Waals surface area contributed by atoms with E-state index < -0.39 is 0 Å². The summed E-state index contributed by atoms with van der Waals surface area (Å²) in [6.07, 6.45) is 3.99. The van der Waals surface area contributed by atoms with Crippen molar-refractivity contribution in [2.24, 2.45) is 0 Å². The summed E-state index contributed by atoms with van der Waals surface area (Å²) in [5, 5.41) is 5.33. The molecule has 2 rings (SSSR count). The van der Waals surface area contributed by atoms with E-state index in [2.05, 4.69) is 26.6 Å². The Morgan fingerprint density at radius 2 is 2.31 bits per heavy atom. The Labute approximate surface area is 103 Å². The summed E-state index contributed by atoms with van der Waals surface area (Å²) < 4.78 is 4.11. The Morgan fingerprint density at radius 3 is 2.94 bits per heavy atom. The van der Waals surface area contributed by atoms with Gasteiger partial charge in [0.1, 0.15) is 5.82 Å². The van der Waals surface area contributed by atoms with Crippen LogP contribution < -0.4 is 5.32 Å². The molecule has 0 bridgehead atoms. The van der Waals surface area contributed by atoms with Crippen LogP contribution in [-0.2, 0) is 12.8 Å². The Balaban J connectivity index is 1.79. The molecule has 0 saturated carbocycles. The van der Waals surface area contributed by atoms with Gasteiger partial charge in [0.05, 0.1) is 5.01 Å². The first-order valence-electron chi connectivity index (χ1n) is 5.25. The smallest absolute Gasteiger partial charge is 0.202 e. The average Bonchev–Trinajstić information content (AvgIpc) is 2.88. The van der Waals surface area contributed by atoms with Crippen molar-refractivity contribution >= 4 is 28.0 Å². The van der Waals surface area contributed by atoms with E-state index in [0.29, 0.717) is 0 Å². The fourth-order valence-corrected chi connectivity index (χ4v) is 2.73. The molecule has 6 heteroatoms. The monoisotopic (exact) mass is 254 g/mol. The molecule has 0 unspecified atom stereocenters. The molecule has 4 nitrogen and oxygen atoms in total. The lowest BCUT2D eigenvalue weighted by Gasteiger charge is -1.98. The summed E-state index contributed by atoms with van der Waals surface area (Å²) >= 11 is 3.19. The second kappa shape index (κ2) is 5.36. The number of nitrogens with one attached hydrogen (secondary N) is 1. The molecule has 16 heavy (non-hydrogen) atoms. The van der Waals surface area contributed by atoms with Gasteiger partial charge in [-0.25, -0.2) is 9.97 Å². The van der Waals surface area contributed by atoms with Crippen LogP contribution in [0.5, 0.6) is 0 Å². The molecule has 0 aliphatic carbocycles. The molecular weight excluding hydrogens is 240 g/mol. The molecule has 2 aromatic rings. The van der Waals surface area contributed by atoms with E-state index in [4.69, 9.17) is 0 Å². The van der Waals surface area contributed by atoms with Crippen LogP contribution in [0.1, 0.15) is 22.6 Å². The van der Waals surface area contributed by atoms with Gasteiger partial charge < -0.3 is 5.32 Å². The van der Waals surface area contributed by atoms with E-state index in [1.165, 1.54) is 21.4 Å². The van der Waals surface area contributed by atoms with Gasteiger partial charge in [-0.1, -0.05) is 6.92 Å². The maximum absolute atomic E-state index is 4.37. The summed E-state index contributed by atoms with van der Waals surface area (Å²) in [6.45, 7) is 4.92. The number of hydrogen-bond donors (Lipinski definition) is 1. The van der Waals surface area contributed by atoms with Crippen LogP contribution in [0.3, 0.4) is 0 Å². The van der Waals surface area contributed by atoms with Crippen molar-refractivity contribution in [3.05, 3.63) is 21.9 Å². The minimum absolute atomic E-state index is 0.829. The molecule has 0 radical (unpaired) electrons. The maximum Gasteiger partial charge on any atom is 0.202 e. The summed E-state index contributed by atoms with van der Waals surface area (Å²) in [7, 11) is 0. The van der Waals surface area contributed by atoms with Gasteiger partial charge in [-0.05, 0) is 13.3 Å². The third kappa shape index (κ3) is 2.99. The predicted molar refractivity (Wildman–Crippen MR) is 68.3 cm³/mol. The average molecular weight is 254 g/mol. The number of aromatic nitrogens is 3. The van der Waals surface area contributed by atoms with Gasteiger partial charge in [0.2, 0.25) is 5.13 Å². The Hall–Kier alpha value is -1.01. The highest BCUT2D eigenvalue weighted by atomic mass is 32.1. The zero-order chi connectivity index (χ0) is 11.4. The molecule has 0 atom stereocenters. The van der Waals surface area contributed by atoms with Crippen molar-refractivity contribution in [3.63, 3.8) is 0 Å². The number of hydrogen-bond acceptors (Lipinski definition) is 6. The highest BCUT2D eigenvalue weighted by Gasteiger charge is 2.02. The molecule has 0 amide bonds. The van der Waals surface area contributed by atoms with Gasteiger partial charge in [-0.2, -0.15) is 4.37 Å². The number of anilines is 1. The topological polar surface area (TPSA) is 50.7 Å². The van der Waals surface area contributed by atoms with Gasteiger partial charge >= 0.3 is 0 Å². The SMILES string of the molecule is CCc1cnc(CCNc2nc(C)ns2)s1. The lowest BCUT2D eigenvalue weighted by atomic mass is 10.4. The summed E-state index contributed by atoms with van der Waals surface area (Å²) in [4.78, 5) is 9.96. The number of nitrogens with zero attached hydrogens (tertiary/aromatic N) is 3. The van der Waals surface area contributed by atoms with Crippen molar-refractivity contribution < 1.29 is 0 Å². The van der Waals surface area contributed by atoms with Crippen LogP contribution in [0.2, 0.25) is 0 Å². The first-order valence-corrected chi connectivity index (χ1v) is 6.84. The first-order chi connectivity index (χ1) is 7.78. The zero-order valence-electron chi connectivity index (χ0n) is 9.36. The van der Waals surface area contributed by atoms with Crippen LogP contribution >= 0.6 is 22.9 Å². The second-order valence-corrected chi connectivity index (χ2v) is 5.35. The van der Waals surface area contributed by atoms with Gasteiger partial charge in [0, 0.05) is 35.6 Å². The number of thiazole rings is 1. The van der Waals surface area contributed by atoms with E-state index in [9.17, 15) is 0 Å². The normalized spacial score (nSPS) is 10.6. The van der Waals surface area contributed by atoms with E-state index in [0.717, 1.165) is 30.3 Å². The minimum atomic E-state index is 0.829. The van der Waals surface area contributed by atoms with Crippen LogP contribution in [0.25, 0.3) is 0 Å². The highest BCUT2D eigenvalue weighted by molar-refractivity contribution is 7.11. The highest BCUT2D eigenvalue weighted by Crippen LogP contribution is 2.14. The Morgan fingerprint density at radius 1 is 1.44 bits per heavy atom. The lowest BCUT2D eigenvalue weighted by Crippen LogP contribution is -2.04. The van der Waals surface area contributed by atoms with Crippen LogP contribution in [0.4, 0.5) is 5.13 Å². The van der Waals surface area contributed by atoms with Crippen LogP contribution in [0.15, 0.2) is 6.20 Å². The van der Waals surface area contributed by atoms with E-state index in [1.807, 2.05) is 13.1 Å². The summed E-state index contributed by atoms with van der Waals surface area (Å²) in [5.41, 5.74) is 0. The fraction of sp³-hybridized carbons (Fsp3) is 0.500. The molecule has 0 aliphatic rings. The van der Waals surface area contributed by atoms with Gasteiger partial charge in [-0.3, -0.25) is 0 Å². The number of aryl methyl sites for hydroxylation is 2. The van der Waals surface area contributed by atoms with Crippen molar-refractivity contribution in [2.45, 2.75) is 26.7 Å². The molecule has 0 fully saturated rings. The Bertz CT molecular complexity index is 449. The third-order valence-electron chi connectivity index (χ3n) is 2.09. The molecule has 0 aliphatic heterocycles. The molecule has 86 valence electrons. The van der Waals surface area contributed by atoms with Gasteiger partial charge in [0.15, 0.2) is 0 Å². The van der Waals surface area contributed by atoms with Crippen molar-refractivity contribution in [3.8, 4) is 0 Å². The van der Waals surface area contributed by atoms with Gasteiger partial charge in [0.25, 0.3) is 0 Å². The largest absolute Gasteiger partial charge is 0.360 e. The Kier molecular flexibility index (Phi) is 3.84. The lowest BCUT2D eigenvalue weighted by molar-refractivity contribution is 0.990. The standard InChI is InChI=1S/C10H14N4S2/c1-3-8-6-12-9(15-8)4-5-11-10-13-7(2)14-16-10/h6H,3-5H2,1-2H3,(H,11,13,14).